The number of hydrogen-bond donors (Lipinski definition) is 0. The highest BCUT2D eigenvalue weighted by atomic mass is 35.5. The average Bonchev–Trinajstić information content (AvgIpc) is 2.93. The van der Waals surface area contributed by atoms with Gasteiger partial charge in [-0.25, -0.2) is 0 Å². The Kier molecular flexibility index (Phi) is 1.69. The fourth-order valence-corrected chi connectivity index (χ4v) is 1.89. The van der Waals surface area contributed by atoms with Crippen LogP contribution in [0.2, 0.25) is 10.4 Å². The van der Waals surface area contributed by atoms with E-state index in [4.69, 9.17) is 23.2 Å². The third kappa shape index (κ3) is 1.18. The molecular weight excluding hydrogens is 223 g/mol. The Hall–Kier alpha value is -0.870. The number of aromatic nitrogens is 4. The molecule has 0 unspecified atom stereocenters. The lowest BCUT2D eigenvalue weighted by atomic mass is 10.2. The molecule has 2 aromatic rings. The van der Waals surface area contributed by atoms with E-state index in [-0.39, 0.29) is 5.28 Å². The molecule has 1 aliphatic carbocycles. The highest BCUT2D eigenvalue weighted by Gasteiger charge is 2.28. The molecule has 0 bridgehead atoms. The molecular formula is C8H6Cl2N4. The molecule has 0 spiro atoms. The smallest absolute Gasteiger partial charge is 0.181 e. The predicted molar refractivity (Wildman–Crippen MR) is 52.8 cm³/mol. The summed E-state index contributed by atoms with van der Waals surface area (Å²) >= 11 is 11.7. The predicted octanol–water partition coefficient (Wildman–Crippen LogP) is 2.31. The van der Waals surface area contributed by atoms with Crippen molar-refractivity contribution in [2.24, 2.45) is 0 Å². The van der Waals surface area contributed by atoms with Gasteiger partial charge in [-0.05, 0) is 36.4 Å². The molecule has 0 atom stereocenters. The average molecular weight is 229 g/mol. The molecule has 72 valence electrons. The van der Waals surface area contributed by atoms with Crippen LogP contribution >= 0.6 is 23.2 Å². The van der Waals surface area contributed by atoms with Crippen molar-refractivity contribution in [2.45, 2.75) is 18.8 Å². The van der Waals surface area contributed by atoms with Crippen LogP contribution in [0.3, 0.4) is 0 Å². The molecule has 1 fully saturated rings. The van der Waals surface area contributed by atoms with Gasteiger partial charge in [0.15, 0.2) is 10.8 Å². The summed E-state index contributed by atoms with van der Waals surface area (Å²) in [5, 5.41) is 12.5. The maximum absolute atomic E-state index is 5.88. The van der Waals surface area contributed by atoms with Gasteiger partial charge in [0.25, 0.3) is 0 Å². The maximum atomic E-state index is 5.88. The van der Waals surface area contributed by atoms with Crippen LogP contribution < -0.4 is 0 Å². The lowest BCUT2D eigenvalue weighted by Crippen LogP contribution is -1.96. The van der Waals surface area contributed by atoms with Crippen molar-refractivity contribution in [3.63, 3.8) is 0 Å². The van der Waals surface area contributed by atoms with Gasteiger partial charge in [-0.3, -0.25) is 0 Å². The van der Waals surface area contributed by atoms with Crippen molar-refractivity contribution in [2.75, 3.05) is 0 Å². The molecule has 2 aromatic heterocycles. The standard InChI is InChI=1S/C8H6Cl2N4/c9-6-3-5(4-1-2-4)7-11-12-8(10)14(7)13-6/h3-4H,1-2H2. The SMILES string of the molecule is Clc1cc(C2CC2)c2nnc(Cl)n2n1. The lowest BCUT2D eigenvalue weighted by Gasteiger charge is -2.00. The molecule has 0 aromatic carbocycles. The lowest BCUT2D eigenvalue weighted by molar-refractivity contribution is 0.909. The van der Waals surface area contributed by atoms with E-state index in [9.17, 15) is 0 Å². The first-order chi connectivity index (χ1) is 6.75. The van der Waals surface area contributed by atoms with E-state index in [0.29, 0.717) is 11.1 Å². The number of halogens is 2. The van der Waals surface area contributed by atoms with E-state index in [2.05, 4.69) is 15.3 Å². The zero-order valence-electron chi connectivity index (χ0n) is 7.11. The maximum Gasteiger partial charge on any atom is 0.246 e. The number of rotatable bonds is 1. The Bertz CT molecular complexity index is 503. The van der Waals surface area contributed by atoms with Gasteiger partial charge < -0.3 is 0 Å². The Balaban J connectivity index is 2.35. The highest BCUT2D eigenvalue weighted by Crippen LogP contribution is 2.42. The van der Waals surface area contributed by atoms with E-state index in [1.165, 1.54) is 17.4 Å². The van der Waals surface area contributed by atoms with Crippen molar-refractivity contribution in [3.05, 3.63) is 22.1 Å². The van der Waals surface area contributed by atoms with Crippen LogP contribution in [0.4, 0.5) is 0 Å². The quantitative estimate of drug-likeness (QED) is 0.753. The van der Waals surface area contributed by atoms with Crippen LogP contribution in [-0.2, 0) is 0 Å². The van der Waals surface area contributed by atoms with Gasteiger partial charge in [0.1, 0.15) is 0 Å². The van der Waals surface area contributed by atoms with Crippen LogP contribution in [0.25, 0.3) is 5.65 Å². The molecule has 4 nitrogen and oxygen atoms in total. The fraction of sp³-hybridized carbons (Fsp3) is 0.375. The van der Waals surface area contributed by atoms with Gasteiger partial charge in [0.2, 0.25) is 5.28 Å². The first kappa shape index (κ1) is 8.44. The molecule has 14 heavy (non-hydrogen) atoms. The second kappa shape index (κ2) is 2.81. The first-order valence-electron chi connectivity index (χ1n) is 4.33. The van der Waals surface area contributed by atoms with Crippen LogP contribution in [-0.4, -0.2) is 19.8 Å². The summed E-state index contributed by atoms with van der Waals surface area (Å²) in [6.07, 6.45) is 2.36. The molecule has 1 aliphatic rings. The largest absolute Gasteiger partial charge is 0.246 e. The highest BCUT2D eigenvalue weighted by molar-refractivity contribution is 6.30. The normalized spacial score (nSPS) is 16.4. The molecule has 0 radical (unpaired) electrons. The summed E-state index contributed by atoms with van der Waals surface area (Å²) in [5.41, 5.74) is 1.83. The number of hydrogen-bond acceptors (Lipinski definition) is 3. The minimum absolute atomic E-state index is 0.254. The molecule has 0 saturated heterocycles. The first-order valence-corrected chi connectivity index (χ1v) is 5.08. The monoisotopic (exact) mass is 228 g/mol. The van der Waals surface area contributed by atoms with Gasteiger partial charge in [-0.1, -0.05) is 11.6 Å². The van der Waals surface area contributed by atoms with Gasteiger partial charge in [-0.15, -0.1) is 10.2 Å². The van der Waals surface area contributed by atoms with Gasteiger partial charge in [0.05, 0.1) is 0 Å². The van der Waals surface area contributed by atoms with Gasteiger partial charge in [-0.2, -0.15) is 9.61 Å². The van der Waals surface area contributed by atoms with Crippen molar-refractivity contribution in [3.8, 4) is 0 Å². The number of fused-ring (bicyclic) bond motifs is 1. The Labute approximate surface area is 89.8 Å². The number of nitrogens with zero attached hydrogens (tertiary/aromatic N) is 4. The van der Waals surface area contributed by atoms with Gasteiger partial charge >= 0.3 is 0 Å². The molecule has 2 heterocycles. The van der Waals surface area contributed by atoms with Crippen LogP contribution in [0.15, 0.2) is 6.07 Å². The van der Waals surface area contributed by atoms with E-state index in [0.717, 1.165) is 11.2 Å². The summed E-state index contributed by atoms with van der Waals surface area (Å²) < 4.78 is 1.48. The summed E-state index contributed by atoms with van der Waals surface area (Å²) in [6, 6.07) is 1.85. The van der Waals surface area contributed by atoms with E-state index in [1.807, 2.05) is 6.07 Å². The summed E-state index contributed by atoms with van der Waals surface area (Å²) in [4.78, 5) is 0. The third-order valence-electron chi connectivity index (χ3n) is 2.35. The zero-order chi connectivity index (χ0) is 9.71. The molecule has 1 saturated carbocycles. The molecule has 3 rings (SSSR count). The Morgan fingerprint density at radius 1 is 1.29 bits per heavy atom. The van der Waals surface area contributed by atoms with Crippen molar-refractivity contribution in [1.82, 2.24) is 19.8 Å². The van der Waals surface area contributed by atoms with Crippen molar-refractivity contribution in [1.29, 1.82) is 0 Å². The summed E-state index contributed by atoms with van der Waals surface area (Å²) in [5.74, 6) is 0.554. The van der Waals surface area contributed by atoms with E-state index in [1.54, 1.807) is 0 Å². The zero-order valence-corrected chi connectivity index (χ0v) is 8.63. The molecule has 0 aliphatic heterocycles. The van der Waals surface area contributed by atoms with E-state index < -0.39 is 0 Å². The second-order valence-corrected chi connectivity index (χ2v) is 4.13. The topological polar surface area (TPSA) is 43.1 Å². The van der Waals surface area contributed by atoms with Crippen molar-refractivity contribution < 1.29 is 0 Å². The fourth-order valence-electron chi connectivity index (χ4n) is 1.54. The van der Waals surface area contributed by atoms with Crippen LogP contribution in [0.1, 0.15) is 24.3 Å². The Morgan fingerprint density at radius 2 is 2.07 bits per heavy atom. The summed E-state index contributed by atoms with van der Waals surface area (Å²) in [6.45, 7) is 0. The summed E-state index contributed by atoms with van der Waals surface area (Å²) in [7, 11) is 0. The third-order valence-corrected chi connectivity index (χ3v) is 2.77. The van der Waals surface area contributed by atoms with Crippen LogP contribution in [0.5, 0.6) is 0 Å². The second-order valence-electron chi connectivity index (χ2n) is 3.40. The minimum atomic E-state index is 0.254. The minimum Gasteiger partial charge on any atom is -0.181 e. The molecule has 0 amide bonds. The Morgan fingerprint density at radius 3 is 2.79 bits per heavy atom. The van der Waals surface area contributed by atoms with Crippen molar-refractivity contribution >= 4 is 28.8 Å². The van der Waals surface area contributed by atoms with Gasteiger partial charge in [0, 0.05) is 5.56 Å². The molecule has 6 heteroatoms. The van der Waals surface area contributed by atoms with Crippen LogP contribution in [0, 0.1) is 0 Å². The van der Waals surface area contributed by atoms with E-state index >= 15 is 0 Å². The molecule has 0 N–H and O–H groups in total.